The summed E-state index contributed by atoms with van der Waals surface area (Å²) in [7, 11) is 2.00. The van der Waals surface area contributed by atoms with Gasteiger partial charge in [0.05, 0.1) is 12.0 Å². The van der Waals surface area contributed by atoms with Gasteiger partial charge in [-0.15, -0.1) is 0 Å². The van der Waals surface area contributed by atoms with Gasteiger partial charge < -0.3 is 4.57 Å². The van der Waals surface area contributed by atoms with Crippen molar-refractivity contribution in [3.63, 3.8) is 0 Å². The van der Waals surface area contributed by atoms with Crippen LogP contribution in [0.25, 0.3) is 0 Å². The second-order valence-corrected chi connectivity index (χ2v) is 2.03. The molecule has 58 valence electrons. The third-order valence-electron chi connectivity index (χ3n) is 1.48. The largest absolute Gasteiger partial charge is 0.338 e. The van der Waals surface area contributed by atoms with E-state index in [-0.39, 0.29) is 0 Å². The molecule has 0 aliphatic carbocycles. The highest BCUT2D eigenvalue weighted by atomic mass is 128. The third kappa shape index (κ3) is 2.73. The molecule has 0 amide bonds. The molecule has 0 atom stereocenters. The topological polar surface area (TPSA) is 17.8 Å². The van der Waals surface area contributed by atoms with Gasteiger partial charge in [-0.2, -0.15) is 0 Å². The molecule has 0 unspecified atom stereocenters. The van der Waals surface area contributed by atoms with Crippen molar-refractivity contribution in [2.24, 2.45) is 7.05 Å². The standard InChI is InChI=1S/C6H10N2.I2/c1-5-6(2)8(3)4-7-5;1-2/h4H,1-3H3;. The van der Waals surface area contributed by atoms with E-state index >= 15 is 0 Å². The van der Waals surface area contributed by atoms with Crippen LogP contribution in [0.1, 0.15) is 11.4 Å². The van der Waals surface area contributed by atoms with Gasteiger partial charge in [0.25, 0.3) is 0 Å². The van der Waals surface area contributed by atoms with Crippen LogP contribution in [0.15, 0.2) is 6.33 Å². The molecule has 0 spiro atoms. The number of halogens is 2. The molecule has 0 aromatic carbocycles. The minimum absolute atomic E-state index is 1.12. The number of rotatable bonds is 0. The zero-order valence-corrected chi connectivity index (χ0v) is 10.5. The van der Waals surface area contributed by atoms with Gasteiger partial charge in [0.15, 0.2) is 0 Å². The lowest BCUT2D eigenvalue weighted by Crippen LogP contribution is -1.87. The molecule has 0 aliphatic rings. The number of hydrogen-bond acceptors (Lipinski definition) is 1. The summed E-state index contributed by atoms with van der Waals surface area (Å²) in [6.45, 7) is 4.07. The Bertz CT molecular complexity index is 176. The number of imidazole rings is 1. The highest BCUT2D eigenvalue weighted by molar-refractivity contribution is 15.0. The van der Waals surface area contributed by atoms with E-state index in [1.165, 1.54) is 5.69 Å². The predicted octanol–water partition coefficient (Wildman–Crippen LogP) is 2.81. The van der Waals surface area contributed by atoms with E-state index in [0.717, 1.165) is 5.69 Å². The average Bonchev–Trinajstić information content (AvgIpc) is 2.25. The van der Waals surface area contributed by atoms with Crippen molar-refractivity contribution in [1.82, 2.24) is 9.55 Å². The van der Waals surface area contributed by atoms with Crippen molar-refractivity contribution in [3.8, 4) is 0 Å². The molecule has 2 nitrogen and oxygen atoms in total. The molecule has 0 radical (unpaired) electrons. The number of hydrogen-bond donors (Lipinski definition) is 0. The molecular formula is C6H10I2N2. The first kappa shape index (κ1) is 10.7. The summed E-state index contributed by atoms with van der Waals surface area (Å²) in [5, 5.41) is 0. The highest BCUT2D eigenvalue weighted by Gasteiger charge is 1.93. The van der Waals surface area contributed by atoms with E-state index in [0.29, 0.717) is 0 Å². The van der Waals surface area contributed by atoms with Crippen molar-refractivity contribution in [1.29, 1.82) is 0 Å². The lowest BCUT2D eigenvalue weighted by atomic mass is 10.4. The van der Waals surface area contributed by atoms with Gasteiger partial charge in [0.2, 0.25) is 0 Å². The zero-order valence-electron chi connectivity index (χ0n) is 6.23. The first-order valence-corrected chi connectivity index (χ1v) is 9.09. The summed E-state index contributed by atoms with van der Waals surface area (Å²) in [5.41, 5.74) is 2.36. The smallest absolute Gasteiger partial charge is 0.0948 e. The van der Waals surface area contributed by atoms with Gasteiger partial charge in [0.1, 0.15) is 0 Å². The van der Waals surface area contributed by atoms with E-state index in [1.807, 2.05) is 24.9 Å². The Morgan fingerprint density at radius 3 is 2.00 bits per heavy atom. The first-order chi connectivity index (χ1) is 4.72. The van der Waals surface area contributed by atoms with Crippen molar-refractivity contribution in [2.75, 3.05) is 0 Å². The monoisotopic (exact) mass is 364 g/mol. The fourth-order valence-corrected chi connectivity index (χ4v) is 0.608. The Labute approximate surface area is 84.7 Å². The molecule has 1 aromatic rings. The lowest BCUT2D eigenvalue weighted by molar-refractivity contribution is 0.871. The Morgan fingerprint density at radius 2 is 1.90 bits per heavy atom. The second kappa shape index (κ2) is 5.34. The van der Waals surface area contributed by atoms with Gasteiger partial charge in [-0.05, 0) is 13.8 Å². The van der Waals surface area contributed by atoms with Gasteiger partial charge in [-0.3, -0.25) is 0 Å². The Kier molecular flexibility index (Phi) is 5.69. The third-order valence-corrected chi connectivity index (χ3v) is 1.48. The Morgan fingerprint density at radius 1 is 1.40 bits per heavy atom. The summed E-state index contributed by atoms with van der Waals surface area (Å²) in [6, 6.07) is 0. The highest BCUT2D eigenvalue weighted by Crippen LogP contribution is 1.99. The fraction of sp³-hybridized carbons (Fsp3) is 0.500. The SMILES string of the molecule is Cc1ncn(C)c1C.II. The van der Waals surface area contributed by atoms with Crippen LogP contribution in [0.3, 0.4) is 0 Å². The lowest BCUT2D eigenvalue weighted by Gasteiger charge is -1.90. The van der Waals surface area contributed by atoms with E-state index in [4.69, 9.17) is 0 Å². The molecule has 0 fully saturated rings. The van der Waals surface area contributed by atoms with Crippen LogP contribution < -0.4 is 0 Å². The number of aryl methyl sites for hydroxylation is 2. The molecule has 0 aliphatic heterocycles. The zero-order chi connectivity index (χ0) is 8.15. The number of aromatic nitrogens is 2. The van der Waals surface area contributed by atoms with Crippen LogP contribution in [0, 0.1) is 13.8 Å². The molecule has 0 bridgehead atoms. The van der Waals surface area contributed by atoms with Crippen LogP contribution >= 0.6 is 37.2 Å². The summed E-state index contributed by atoms with van der Waals surface area (Å²) in [4.78, 5) is 4.08. The minimum Gasteiger partial charge on any atom is -0.338 e. The van der Waals surface area contributed by atoms with Crippen molar-refractivity contribution < 1.29 is 0 Å². The van der Waals surface area contributed by atoms with Crippen LogP contribution in [-0.2, 0) is 7.05 Å². The predicted molar refractivity (Wildman–Crippen MR) is 60.7 cm³/mol. The maximum absolute atomic E-state index is 4.08. The van der Waals surface area contributed by atoms with Crippen LogP contribution in [0.2, 0.25) is 0 Å². The van der Waals surface area contributed by atoms with E-state index < -0.39 is 0 Å². The van der Waals surface area contributed by atoms with E-state index in [1.54, 1.807) is 0 Å². The van der Waals surface area contributed by atoms with Gasteiger partial charge in [-0.1, -0.05) is 0 Å². The Balaban J connectivity index is 0.000000371. The van der Waals surface area contributed by atoms with Gasteiger partial charge in [-0.25, -0.2) is 4.98 Å². The molecule has 1 aromatic heterocycles. The van der Waals surface area contributed by atoms with Crippen molar-refractivity contribution >= 4 is 37.2 Å². The van der Waals surface area contributed by atoms with Crippen LogP contribution in [0.5, 0.6) is 0 Å². The van der Waals surface area contributed by atoms with Crippen molar-refractivity contribution in [3.05, 3.63) is 17.7 Å². The second-order valence-electron chi connectivity index (χ2n) is 2.03. The fourth-order valence-electron chi connectivity index (χ4n) is 0.608. The summed E-state index contributed by atoms with van der Waals surface area (Å²) in [6.07, 6.45) is 1.82. The molecule has 1 rings (SSSR count). The molecule has 1 heterocycles. The van der Waals surface area contributed by atoms with Crippen LogP contribution in [0.4, 0.5) is 0 Å². The first-order valence-electron chi connectivity index (χ1n) is 2.80. The molecule has 4 heteroatoms. The summed E-state index contributed by atoms with van der Waals surface area (Å²) >= 11 is 4.24. The molecule has 0 N–H and O–H groups in total. The number of nitrogens with zero attached hydrogens (tertiary/aromatic N) is 2. The molecular weight excluding hydrogens is 354 g/mol. The summed E-state index contributed by atoms with van der Waals surface area (Å²) < 4.78 is 2.01. The van der Waals surface area contributed by atoms with E-state index in [9.17, 15) is 0 Å². The maximum Gasteiger partial charge on any atom is 0.0948 e. The van der Waals surface area contributed by atoms with Gasteiger partial charge >= 0.3 is 0 Å². The Hall–Kier alpha value is 0.670. The molecule has 0 saturated carbocycles. The van der Waals surface area contributed by atoms with Gasteiger partial charge in [0, 0.05) is 50.0 Å². The average molecular weight is 364 g/mol. The van der Waals surface area contributed by atoms with Crippen molar-refractivity contribution in [2.45, 2.75) is 13.8 Å². The van der Waals surface area contributed by atoms with E-state index in [2.05, 4.69) is 49.1 Å². The quantitative estimate of drug-likeness (QED) is 0.648. The maximum atomic E-state index is 4.08. The molecule has 10 heavy (non-hydrogen) atoms. The summed E-state index contributed by atoms with van der Waals surface area (Å²) in [5.74, 6) is 0. The minimum atomic E-state index is 1.12. The molecule has 0 saturated heterocycles. The van der Waals surface area contributed by atoms with Crippen LogP contribution in [-0.4, -0.2) is 9.55 Å². The normalized spacial score (nSPS) is 8.50.